The summed E-state index contributed by atoms with van der Waals surface area (Å²) in [6.45, 7) is 11.2. The van der Waals surface area contributed by atoms with Gasteiger partial charge in [-0.3, -0.25) is 9.97 Å². The lowest BCUT2D eigenvalue weighted by atomic mass is 10.1. The molecule has 8 heterocycles. The number of anilines is 2. The van der Waals surface area contributed by atoms with Gasteiger partial charge in [0.15, 0.2) is 11.6 Å². The van der Waals surface area contributed by atoms with Crippen LogP contribution in [0.5, 0.6) is 0 Å². The first kappa shape index (κ1) is 38.0. The SMILES string of the molecule is C[C@@H]1CN(c2ccncc2F)CCN1C(=O)N[C@H](C)c1cccn2nccc12.C[C@H](NC(=O)N1CCN(c2ccncc2F)C[C@H]1C)c1cccn2nccc12. The van der Waals surface area contributed by atoms with Crippen LogP contribution in [0.15, 0.2) is 98.1 Å². The average molecular weight is 765 g/mol. The number of pyridine rings is 4. The van der Waals surface area contributed by atoms with E-state index in [1.165, 1.54) is 12.4 Å². The Kier molecular flexibility index (Phi) is 11.2. The maximum atomic E-state index is 14.0. The molecule has 0 spiro atoms. The zero-order valence-electron chi connectivity index (χ0n) is 31.8. The Bertz CT molecular complexity index is 2140. The van der Waals surface area contributed by atoms with E-state index in [9.17, 15) is 18.4 Å². The fourth-order valence-electron chi connectivity index (χ4n) is 7.58. The number of piperazine rings is 2. The summed E-state index contributed by atoms with van der Waals surface area (Å²) in [6, 6.07) is 14.4. The molecule has 14 nitrogen and oxygen atoms in total. The number of aromatic nitrogens is 6. The van der Waals surface area contributed by atoms with E-state index in [0.29, 0.717) is 50.6 Å². The molecule has 2 fully saturated rings. The molecular formula is C40H46F2N12O2. The lowest BCUT2D eigenvalue weighted by Crippen LogP contribution is -2.57. The number of urea groups is 2. The van der Waals surface area contributed by atoms with Gasteiger partial charge >= 0.3 is 12.1 Å². The number of rotatable bonds is 6. The van der Waals surface area contributed by atoms with Crippen LogP contribution in [0.1, 0.15) is 50.9 Å². The van der Waals surface area contributed by atoms with Crippen molar-refractivity contribution in [2.75, 3.05) is 49.1 Å². The minimum atomic E-state index is -0.338. The van der Waals surface area contributed by atoms with Crippen molar-refractivity contribution in [3.05, 3.63) is 121 Å². The van der Waals surface area contributed by atoms with Crippen molar-refractivity contribution in [2.45, 2.75) is 51.9 Å². The summed E-state index contributed by atoms with van der Waals surface area (Å²) in [4.78, 5) is 40.9. The molecule has 0 aliphatic carbocycles. The Morgan fingerprint density at radius 1 is 0.643 bits per heavy atom. The van der Waals surface area contributed by atoms with E-state index in [0.717, 1.165) is 22.2 Å². The van der Waals surface area contributed by atoms with Crippen LogP contribution in [0.4, 0.5) is 29.7 Å². The number of nitrogens with one attached hydrogen (secondary N) is 2. The highest BCUT2D eigenvalue weighted by Gasteiger charge is 2.31. The van der Waals surface area contributed by atoms with Crippen molar-refractivity contribution in [1.29, 1.82) is 0 Å². The first-order valence-electron chi connectivity index (χ1n) is 18.8. The molecule has 0 radical (unpaired) electrons. The van der Waals surface area contributed by atoms with Crippen LogP contribution < -0.4 is 20.4 Å². The number of fused-ring (bicyclic) bond motifs is 2. The van der Waals surface area contributed by atoms with Crippen molar-refractivity contribution in [3.63, 3.8) is 0 Å². The minimum Gasteiger partial charge on any atom is -0.365 e. The molecule has 0 aromatic carbocycles. The van der Waals surface area contributed by atoms with Gasteiger partial charge in [-0.25, -0.2) is 27.4 Å². The van der Waals surface area contributed by atoms with Crippen molar-refractivity contribution >= 4 is 34.5 Å². The van der Waals surface area contributed by atoms with Crippen LogP contribution in [0.3, 0.4) is 0 Å². The molecule has 2 N–H and O–H groups in total. The van der Waals surface area contributed by atoms with Crippen molar-refractivity contribution in [2.24, 2.45) is 0 Å². The van der Waals surface area contributed by atoms with E-state index in [-0.39, 0.29) is 47.9 Å². The summed E-state index contributed by atoms with van der Waals surface area (Å²) >= 11 is 0. The van der Waals surface area contributed by atoms with E-state index in [1.807, 2.05) is 96.1 Å². The van der Waals surface area contributed by atoms with Gasteiger partial charge in [0.25, 0.3) is 0 Å². The smallest absolute Gasteiger partial charge is 0.318 e. The standard InChI is InChI=1S/2C20H23FN6O/c2*1-14-13-25(19-5-7-22-12-17(19)21)10-11-26(14)20(28)24-15(2)16-4-3-9-27-18(16)6-8-23-27/h2*3-9,12,14-15H,10-11,13H2,1-2H3,(H,24,28)/t14-,15+;14-,15-/m11/s1. The second-order valence-electron chi connectivity index (χ2n) is 14.2. The quantitative estimate of drug-likeness (QED) is 0.221. The fraction of sp³-hybridized carbons (Fsp3) is 0.350. The molecule has 6 aromatic heterocycles. The van der Waals surface area contributed by atoms with Crippen molar-refractivity contribution in [3.8, 4) is 0 Å². The van der Waals surface area contributed by atoms with Crippen LogP contribution in [0.25, 0.3) is 11.0 Å². The summed E-state index contributed by atoms with van der Waals surface area (Å²) < 4.78 is 31.6. The molecular weight excluding hydrogens is 719 g/mol. The monoisotopic (exact) mass is 764 g/mol. The van der Waals surface area contributed by atoms with Gasteiger partial charge in [0, 0.05) is 88.5 Å². The summed E-state index contributed by atoms with van der Waals surface area (Å²) in [5.41, 5.74) is 5.03. The predicted molar refractivity (Wildman–Crippen MR) is 209 cm³/mol. The molecule has 16 heteroatoms. The van der Waals surface area contributed by atoms with E-state index in [1.54, 1.807) is 46.0 Å². The number of amides is 4. The number of carbonyl (C=O) groups is 2. The number of carbonyl (C=O) groups excluding carboxylic acids is 2. The lowest BCUT2D eigenvalue weighted by molar-refractivity contribution is 0.167. The third-order valence-electron chi connectivity index (χ3n) is 10.5. The van der Waals surface area contributed by atoms with Gasteiger partial charge in [0.1, 0.15) is 0 Å². The first-order valence-corrected chi connectivity index (χ1v) is 18.8. The Morgan fingerprint density at radius 3 is 1.46 bits per heavy atom. The molecule has 2 saturated heterocycles. The molecule has 2 aliphatic heterocycles. The summed E-state index contributed by atoms with van der Waals surface area (Å²) in [7, 11) is 0. The van der Waals surface area contributed by atoms with E-state index in [4.69, 9.17) is 0 Å². The number of nitrogens with zero attached hydrogens (tertiary/aromatic N) is 10. The summed E-state index contributed by atoms with van der Waals surface area (Å²) in [5.74, 6) is -0.676. The summed E-state index contributed by atoms with van der Waals surface area (Å²) in [5, 5.41) is 14.7. The van der Waals surface area contributed by atoms with Crippen LogP contribution in [-0.2, 0) is 0 Å². The molecule has 2 aliphatic rings. The Balaban J connectivity index is 0.000000172. The number of halogens is 2. The van der Waals surface area contributed by atoms with Gasteiger partial charge in [-0.2, -0.15) is 10.2 Å². The van der Waals surface area contributed by atoms with E-state index < -0.39 is 0 Å². The van der Waals surface area contributed by atoms with E-state index >= 15 is 0 Å². The Morgan fingerprint density at radius 2 is 1.07 bits per heavy atom. The normalized spacial score (nSPS) is 18.3. The molecule has 292 valence electrons. The largest absolute Gasteiger partial charge is 0.365 e. The topological polar surface area (TPSA) is 132 Å². The van der Waals surface area contributed by atoms with E-state index in [2.05, 4.69) is 30.8 Å². The third-order valence-corrected chi connectivity index (χ3v) is 10.5. The van der Waals surface area contributed by atoms with Gasteiger partial charge in [-0.05, 0) is 75.2 Å². The molecule has 6 aromatic rings. The molecule has 4 amide bonds. The highest BCUT2D eigenvalue weighted by molar-refractivity contribution is 5.77. The minimum absolute atomic E-state index is 0.0423. The molecule has 8 rings (SSSR count). The van der Waals surface area contributed by atoms with Gasteiger partial charge < -0.3 is 30.2 Å². The van der Waals surface area contributed by atoms with Gasteiger partial charge in [-0.15, -0.1) is 0 Å². The average Bonchev–Trinajstić information content (AvgIpc) is 3.89. The highest BCUT2D eigenvalue weighted by atomic mass is 19.1. The Hall–Kier alpha value is -6.32. The zero-order valence-corrected chi connectivity index (χ0v) is 31.8. The highest BCUT2D eigenvalue weighted by Crippen LogP contribution is 2.25. The first-order chi connectivity index (χ1) is 27.1. The van der Waals surface area contributed by atoms with Gasteiger partial charge in [0.2, 0.25) is 0 Å². The summed E-state index contributed by atoms with van der Waals surface area (Å²) in [6.07, 6.45) is 12.9. The molecule has 4 atom stereocenters. The number of hydrogen-bond acceptors (Lipinski definition) is 8. The molecule has 0 saturated carbocycles. The van der Waals surface area contributed by atoms with Crippen LogP contribution in [0, 0.1) is 11.6 Å². The molecule has 0 unspecified atom stereocenters. The van der Waals surface area contributed by atoms with Gasteiger partial charge in [-0.1, -0.05) is 12.1 Å². The van der Waals surface area contributed by atoms with Crippen LogP contribution >= 0.6 is 0 Å². The van der Waals surface area contributed by atoms with Crippen LogP contribution in [0.2, 0.25) is 0 Å². The van der Waals surface area contributed by atoms with Crippen molar-refractivity contribution < 1.29 is 18.4 Å². The third kappa shape index (κ3) is 8.04. The lowest BCUT2D eigenvalue weighted by Gasteiger charge is -2.41. The maximum Gasteiger partial charge on any atom is 0.318 e. The molecule has 56 heavy (non-hydrogen) atoms. The second-order valence-corrected chi connectivity index (χ2v) is 14.2. The predicted octanol–water partition coefficient (Wildman–Crippen LogP) is 5.70. The molecule has 0 bridgehead atoms. The zero-order chi connectivity index (χ0) is 39.3. The van der Waals surface area contributed by atoms with Crippen LogP contribution in [-0.4, -0.2) is 102 Å². The fourth-order valence-corrected chi connectivity index (χ4v) is 7.58. The maximum absolute atomic E-state index is 14.0. The van der Waals surface area contributed by atoms with Gasteiger partial charge in [0.05, 0.1) is 46.9 Å². The Labute approximate surface area is 323 Å². The van der Waals surface area contributed by atoms with Crippen molar-refractivity contribution in [1.82, 2.24) is 49.6 Å². The number of hydrogen-bond donors (Lipinski definition) is 2. The second kappa shape index (κ2) is 16.6.